The van der Waals surface area contributed by atoms with Crippen LogP contribution in [0.25, 0.3) is 0 Å². The predicted molar refractivity (Wildman–Crippen MR) is 82.2 cm³/mol. The number of ether oxygens (including phenoxy) is 1. The molecule has 3 nitrogen and oxygen atoms in total. The average Bonchev–Trinajstić information content (AvgIpc) is 2.86. The maximum atomic E-state index is 5.26. The lowest BCUT2D eigenvalue weighted by Crippen LogP contribution is -2.15. The monoisotopic (exact) mass is 276 g/mol. The number of thiophene rings is 1. The number of methoxy groups -OCH3 is 1. The molecule has 0 amide bonds. The van der Waals surface area contributed by atoms with Crippen molar-refractivity contribution in [3.05, 3.63) is 46.2 Å². The molecule has 0 unspecified atom stereocenters. The first-order valence-electron chi connectivity index (χ1n) is 6.30. The average molecular weight is 276 g/mol. The van der Waals surface area contributed by atoms with Crippen LogP contribution in [0.5, 0.6) is 5.75 Å². The lowest BCUT2D eigenvalue weighted by Gasteiger charge is -2.19. The molecule has 1 aromatic carbocycles. The second-order valence-electron chi connectivity index (χ2n) is 4.46. The second-order valence-corrected chi connectivity index (χ2v) is 5.71. The van der Waals surface area contributed by atoms with Gasteiger partial charge in [-0.1, -0.05) is 6.07 Å². The first-order chi connectivity index (χ1) is 9.22. The molecule has 4 heteroatoms. The lowest BCUT2D eigenvalue weighted by atomic mass is 10.2. The van der Waals surface area contributed by atoms with E-state index >= 15 is 0 Å². The van der Waals surface area contributed by atoms with Gasteiger partial charge in [0.1, 0.15) is 5.75 Å². The van der Waals surface area contributed by atoms with Crippen molar-refractivity contribution in [2.24, 2.45) is 0 Å². The molecule has 0 fully saturated rings. The number of rotatable bonds is 6. The molecule has 0 spiro atoms. The van der Waals surface area contributed by atoms with Crippen LogP contribution in [0, 0.1) is 0 Å². The van der Waals surface area contributed by atoms with E-state index in [4.69, 9.17) is 4.74 Å². The van der Waals surface area contributed by atoms with Crippen molar-refractivity contribution in [1.82, 2.24) is 5.32 Å². The fourth-order valence-electron chi connectivity index (χ4n) is 1.95. The fourth-order valence-corrected chi connectivity index (χ4v) is 3.03. The maximum absolute atomic E-state index is 5.26. The topological polar surface area (TPSA) is 24.5 Å². The summed E-state index contributed by atoms with van der Waals surface area (Å²) in [6.07, 6.45) is 0. The van der Waals surface area contributed by atoms with E-state index < -0.39 is 0 Å². The van der Waals surface area contributed by atoms with Crippen LogP contribution in [0.2, 0.25) is 0 Å². The van der Waals surface area contributed by atoms with Gasteiger partial charge in [0.05, 0.1) is 13.7 Å². The Labute approximate surface area is 118 Å². The Morgan fingerprint density at radius 2 is 2.00 bits per heavy atom. The molecule has 0 saturated heterocycles. The van der Waals surface area contributed by atoms with Gasteiger partial charge < -0.3 is 15.0 Å². The molecule has 0 aliphatic heterocycles. The Kier molecular flexibility index (Phi) is 4.82. The summed E-state index contributed by atoms with van der Waals surface area (Å²) in [6.45, 7) is 1.86. The van der Waals surface area contributed by atoms with Crippen LogP contribution in [0.4, 0.5) is 5.69 Å². The number of hydrogen-bond acceptors (Lipinski definition) is 4. The van der Waals surface area contributed by atoms with Crippen LogP contribution in [0.3, 0.4) is 0 Å². The van der Waals surface area contributed by atoms with E-state index in [0.717, 1.165) is 18.8 Å². The third kappa shape index (κ3) is 3.72. The Morgan fingerprint density at radius 1 is 1.21 bits per heavy atom. The quantitative estimate of drug-likeness (QED) is 0.877. The van der Waals surface area contributed by atoms with E-state index in [9.17, 15) is 0 Å². The number of anilines is 1. The highest BCUT2D eigenvalue weighted by molar-refractivity contribution is 7.12. The molecule has 2 aromatic rings. The first-order valence-corrected chi connectivity index (χ1v) is 7.12. The Bertz CT molecular complexity index is 524. The zero-order chi connectivity index (χ0) is 13.7. The van der Waals surface area contributed by atoms with E-state index in [2.05, 4.69) is 41.5 Å². The first kappa shape index (κ1) is 13.9. The van der Waals surface area contributed by atoms with Crippen molar-refractivity contribution in [3.63, 3.8) is 0 Å². The minimum absolute atomic E-state index is 0.895. The van der Waals surface area contributed by atoms with E-state index in [1.165, 1.54) is 15.4 Å². The molecule has 19 heavy (non-hydrogen) atoms. The van der Waals surface area contributed by atoms with Crippen molar-refractivity contribution >= 4 is 17.0 Å². The summed E-state index contributed by atoms with van der Waals surface area (Å²) < 4.78 is 5.26. The number of nitrogens with one attached hydrogen (secondary N) is 1. The minimum Gasteiger partial charge on any atom is -0.497 e. The summed E-state index contributed by atoms with van der Waals surface area (Å²) in [5, 5.41) is 3.18. The van der Waals surface area contributed by atoms with E-state index in [1.54, 1.807) is 7.11 Å². The largest absolute Gasteiger partial charge is 0.497 e. The molecule has 0 aliphatic rings. The van der Waals surface area contributed by atoms with Crippen LogP contribution in [-0.4, -0.2) is 21.2 Å². The van der Waals surface area contributed by atoms with Crippen LogP contribution in [0.15, 0.2) is 36.4 Å². The van der Waals surface area contributed by atoms with Gasteiger partial charge in [-0.25, -0.2) is 0 Å². The zero-order valence-corrected chi connectivity index (χ0v) is 12.5. The molecule has 1 heterocycles. The highest BCUT2D eigenvalue weighted by atomic mass is 32.1. The highest BCUT2D eigenvalue weighted by Crippen LogP contribution is 2.24. The molecule has 0 saturated carbocycles. The Morgan fingerprint density at radius 3 is 2.74 bits per heavy atom. The molecule has 0 atom stereocenters. The van der Waals surface area contributed by atoms with Crippen LogP contribution >= 0.6 is 11.3 Å². The molecule has 0 radical (unpaired) electrons. The number of benzene rings is 1. The van der Waals surface area contributed by atoms with Gasteiger partial charge in [-0.15, -0.1) is 11.3 Å². The Balaban J connectivity index is 2.04. The summed E-state index contributed by atoms with van der Waals surface area (Å²) in [5.74, 6) is 0.895. The van der Waals surface area contributed by atoms with Gasteiger partial charge in [0, 0.05) is 35.1 Å². The summed E-state index contributed by atoms with van der Waals surface area (Å²) in [4.78, 5) is 4.98. The zero-order valence-electron chi connectivity index (χ0n) is 11.6. The molecule has 0 aliphatic carbocycles. The summed E-state index contributed by atoms with van der Waals surface area (Å²) in [5.41, 5.74) is 1.17. The molecular weight excluding hydrogens is 256 g/mol. The smallest absolute Gasteiger partial charge is 0.120 e. The van der Waals surface area contributed by atoms with Gasteiger partial charge in [-0.2, -0.15) is 0 Å². The number of nitrogens with zero attached hydrogens (tertiary/aromatic N) is 1. The minimum atomic E-state index is 0.895. The predicted octanol–water partition coefficient (Wildman–Crippen LogP) is 3.11. The van der Waals surface area contributed by atoms with Crippen LogP contribution in [0.1, 0.15) is 9.75 Å². The normalized spacial score (nSPS) is 10.5. The summed E-state index contributed by atoms with van der Waals surface area (Å²) in [7, 11) is 5.77. The van der Waals surface area contributed by atoms with E-state index in [0.29, 0.717) is 0 Å². The van der Waals surface area contributed by atoms with E-state index in [-0.39, 0.29) is 0 Å². The van der Waals surface area contributed by atoms with Crippen molar-refractivity contribution in [3.8, 4) is 5.75 Å². The van der Waals surface area contributed by atoms with Gasteiger partial charge in [0.15, 0.2) is 0 Å². The summed E-state index contributed by atoms with van der Waals surface area (Å²) in [6, 6.07) is 12.5. The third-order valence-electron chi connectivity index (χ3n) is 2.96. The van der Waals surface area contributed by atoms with Gasteiger partial charge in [-0.05, 0) is 31.3 Å². The standard InChI is InChI=1S/C15H20N2OS/c1-16-10-14-7-8-15(19-14)11-17(2)12-5-4-6-13(9-12)18-3/h4-9,16H,10-11H2,1-3H3. The van der Waals surface area contributed by atoms with Crippen LogP contribution < -0.4 is 15.0 Å². The van der Waals surface area contributed by atoms with E-state index in [1.807, 2.05) is 30.5 Å². The SMILES string of the molecule is CNCc1ccc(CN(C)c2cccc(OC)c2)s1. The molecule has 1 N–H and O–H groups in total. The molecular formula is C15H20N2OS. The molecule has 102 valence electrons. The second kappa shape index (κ2) is 6.59. The van der Waals surface area contributed by atoms with Crippen LogP contribution in [-0.2, 0) is 13.1 Å². The van der Waals surface area contributed by atoms with Gasteiger partial charge in [0.25, 0.3) is 0 Å². The fraction of sp³-hybridized carbons (Fsp3) is 0.333. The molecule has 1 aromatic heterocycles. The number of hydrogen-bond donors (Lipinski definition) is 1. The maximum Gasteiger partial charge on any atom is 0.120 e. The third-order valence-corrected chi connectivity index (χ3v) is 4.03. The lowest BCUT2D eigenvalue weighted by molar-refractivity contribution is 0.415. The van der Waals surface area contributed by atoms with Crippen molar-refractivity contribution < 1.29 is 4.74 Å². The van der Waals surface area contributed by atoms with Crippen molar-refractivity contribution in [2.45, 2.75) is 13.1 Å². The highest BCUT2D eigenvalue weighted by Gasteiger charge is 2.06. The van der Waals surface area contributed by atoms with Crippen molar-refractivity contribution in [1.29, 1.82) is 0 Å². The van der Waals surface area contributed by atoms with Gasteiger partial charge in [-0.3, -0.25) is 0 Å². The Hall–Kier alpha value is -1.52. The summed E-state index contributed by atoms with van der Waals surface area (Å²) >= 11 is 1.85. The van der Waals surface area contributed by atoms with Gasteiger partial charge >= 0.3 is 0 Å². The van der Waals surface area contributed by atoms with Gasteiger partial charge in [0.2, 0.25) is 0 Å². The molecule has 2 rings (SSSR count). The van der Waals surface area contributed by atoms with Crippen molar-refractivity contribution in [2.75, 3.05) is 26.1 Å². The molecule has 0 bridgehead atoms.